The zero-order chi connectivity index (χ0) is 18.0. The minimum Gasteiger partial charge on any atom is -0.472 e. The van der Waals surface area contributed by atoms with Crippen molar-refractivity contribution in [1.29, 1.82) is 0 Å². The lowest BCUT2D eigenvalue weighted by molar-refractivity contribution is -0.0792. The summed E-state index contributed by atoms with van der Waals surface area (Å²) in [4.78, 5) is 17.4. The number of hydrogen-bond donors (Lipinski definition) is 0. The molecule has 0 spiro atoms. The third-order valence-electron chi connectivity index (χ3n) is 6.70. The molecule has 26 heavy (non-hydrogen) atoms. The van der Waals surface area contributed by atoms with Crippen LogP contribution < -0.4 is 0 Å². The Morgan fingerprint density at radius 1 is 1.31 bits per heavy atom. The number of furan rings is 1. The summed E-state index contributed by atoms with van der Waals surface area (Å²) >= 11 is 0. The van der Waals surface area contributed by atoms with E-state index in [0.717, 1.165) is 58.8 Å². The molecule has 0 N–H and O–H groups in total. The van der Waals surface area contributed by atoms with Gasteiger partial charge in [-0.15, -0.1) is 0 Å². The second-order valence-corrected chi connectivity index (χ2v) is 8.10. The van der Waals surface area contributed by atoms with E-state index in [1.165, 1.54) is 12.8 Å². The van der Waals surface area contributed by atoms with Crippen LogP contribution in [0.4, 0.5) is 0 Å². The highest BCUT2D eigenvalue weighted by Crippen LogP contribution is 2.48. The summed E-state index contributed by atoms with van der Waals surface area (Å²) in [6.45, 7) is 6.19. The molecule has 0 radical (unpaired) electrons. The van der Waals surface area contributed by atoms with Gasteiger partial charge in [0.25, 0.3) is 5.91 Å². The van der Waals surface area contributed by atoms with Gasteiger partial charge in [-0.3, -0.25) is 9.69 Å². The van der Waals surface area contributed by atoms with Gasteiger partial charge in [-0.2, -0.15) is 0 Å². The number of methoxy groups -OCH3 is 1. The zero-order valence-corrected chi connectivity index (χ0v) is 15.7. The van der Waals surface area contributed by atoms with Gasteiger partial charge in [0.15, 0.2) is 0 Å². The molecule has 0 aromatic carbocycles. The minimum absolute atomic E-state index is 0.0861. The summed E-state index contributed by atoms with van der Waals surface area (Å²) in [6.07, 6.45) is 7.71. The number of hydrogen-bond acceptors (Lipinski definition) is 5. The maximum absolute atomic E-state index is 12.8. The molecule has 0 bridgehead atoms. The smallest absolute Gasteiger partial charge is 0.257 e. The molecular formula is C20H30N2O4. The highest BCUT2D eigenvalue weighted by molar-refractivity contribution is 5.93. The first-order valence-corrected chi connectivity index (χ1v) is 9.84. The summed E-state index contributed by atoms with van der Waals surface area (Å²) in [5.41, 5.74) is 0.743. The normalized spacial score (nSPS) is 33.0. The number of amides is 1. The molecule has 4 rings (SSSR count). The number of fused-ring (bicyclic) bond motifs is 1. The Balaban J connectivity index is 1.46. The molecular weight excluding hydrogens is 332 g/mol. The Morgan fingerprint density at radius 2 is 2.15 bits per heavy atom. The first kappa shape index (κ1) is 18.0. The lowest BCUT2D eigenvalue weighted by Crippen LogP contribution is -2.58. The molecule has 6 nitrogen and oxygen atoms in total. The van der Waals surface area contributed by atoms with Crippen molar-refractivity contribution in [1.82, 2.24) is 9.80 Å². The number of nitrogens with zero attached hydrogens (tertiary/aromatic N) is 2. The van der Waals surface area contributed by atoms with Crippen molar-refractivity contribution in [2.45, 2.75) is 31.7 Å². The van der Waals surface area contributed by atoms with Gasteiger partial charge in [-0.1, -0.05) is 0 Å². The van der Waals surface area contributed by atoms with E-state index in [1.54, 1.807) is 25.7 Å². The molecule has 0 unspecified atom stereocenters. The summed E-state index contributed by atoms with van der Waals surface area (Å²) in [7, 11) is 1.79. The van der Waals surface area contributed by atoms with Gasteiger partial charge >= 0.3 is 0 Å². The van der Waals surface area contributed by atoms with Gasteiger partial charge in [0.2, 0.25) is 0 Å². The topological polar surface area (TPSA) is 55.2 Å². The molecule has 1 saturated carbocycles. The molecule has 2 saturated heterocycles. The van der Waals surface area contributed by atoms with Crippen molar-refractivity contribution in [2.24, 2.45) is 11.3 Å². The molecule has 3 heterocycles. The van der Waals surface area contributed by atoms with Gasteiger partial charge in [0.05, 0.1) is 31.6 Å². The molecule has 2 aliphatic heterocycles. The maximum Gasteiger partial charge on any atom is 0.257 e. The van der Waals surface area contributed by atoms with Crippen molar-refractivity contribution >= 4 is 5.91 Å². The summed E-state index contributed by atoms with van der Waals surface area (Å²) in [5, 5.41) is 0. The van der Waals surface area contributed by atoms with Gasteiger partial charge in [0.1, 0.15) is 6.26 Å². The Kier molecular flexibility index (Phi) is 5.34. The summed E-state index contributed by atoms with van der Waals surface area (Å²) < 4.78 is 16.3. The first-order chi connectivity index (χ1) is 12.7. The van der Waals surface area contributed by atoms with E-state index in [-0.39, 0.29) is 11.3 Å². The molecule has 3 atom stereocenters. The van der Waals surface area contributed by atoms with Crippen molar-refractivity contribution in [2.75, 3.05) is 53.1 Å². The Morgan fingerprint density at radius 3 is 2.88 bits per heavy atom. The average molecular weight is 362 g/mol. The number of carbonyl (C=O) groups excluding carboxylic acids is 1. The fourth-order valence-electron chi connectivity index (χ4n) is 5.30. The van der Waals surface area contributed by atoms with E-state index in [2.05, 4.69) is 4.90 Å². The zero-order valence-electron chi connectivity index (χ0n) is 15.7. The van der Waals surface area contributed by atoms with E-state index in [0.29, 0.717) is 17.5 Å². The Hall–Kier alpha value is -1.37. The molecule has 1 aromatic heterocycles. The number of piperidine rings is 1. The van der Waals surface area contributed by atoms with Crippen molar-refractivity contribution < 1.29 is 18.7 Å². The predicted octanol–water partition coefficient (Wildman–Crippen LogP) is 2.26. The van der Waals surface area contributed by atoms with E-state index >= 15 is 0 Å². The molecule has 144 valence electrons. The molecule has 1 amide bonds. The first-order valence-electron chi connectivity index (χ1n) is 9.84. The van der Waals surface area contributed by atoms with Crippen molar-refractivity contribution in [3.63, 3.8) is 0 Å². The van der Waals surface area contributed by atoms with E-state index in [1.807, 2.05) is 4.90 Å². The third-order valence-corrected chi connectivity index (χ3v) is 6.70. The number of rotatable bonds is 4. The second-order valence-electron chi connectivity index (χ2n) is 8.10. The van der Waals surface area contributed by atoms with Crippen molar-refractivity contribution in [3.05, 3.63) is 24.2 Å². The second kappa shape index (κ2) is 7.71. The summed E-state index contributed by atoms with van der Waals surface area (Å²) in [5.74, 6) is 0.709. The van der Waals surface area contributed by atoms with Crippen LogP contribution in [0.2, 0.25) is 0 Å². The van der Waals surface area contributed by atoms with Gasteiger partial charge in [0, 0.05) is 44.7 Å². The van der Waals surface area contributed by atoms with Crippen LogP contribution in [0.3, 0.4) is 0 Å². The number of carbonyl (C=O) groups is 1. The van der Waals surface area contributed by atoms with E-state index in [4.69, 9.17) is 13.9 Å². The Bertz CT molecular complexity index is 599. The maximum atomic E-state index is 12.8. The Labute approximate surface area is 155 Å². The average Bonchev–Trinajstić information content (AvgIpc) is 3.22. The van der Waals surface area contributed by atoms with Crippen LogP contribution in [0.15, 0.2) is 23.0 Å². The van der Waals surface area contributed by atoms with Gasteiger partial charge in [-0.05, 0) is 37.7 Å². The third kappa shape index (κ3) is 3.42. The minimum atomic E-state index is 0.0861. The van der Waals surface area contributed by atoms with Gasteiger partial charge < -0.3 is 18.8 Å². The molecule has 3 fully saturated rings. The van der Waals surface area contributed by atoms with Crippen LogP contribution in [0.25, 0.3) is 0 Å². The molecule has 6 heteroatoms. The van der Waals surface area contributed by atoms with Crippen LogP contribution in [0.5, 0.6) is 0 Å². The van der Waals surface area contributed by atoms with E-state index < -0.39 is 0 Å². The molecule has 3 aliphatic rings. The van der Waals surface area contributed by atoms with Crippen LogP contribution in [0, 0.1) is 11.3 Å². The monoisotopic (exact) mass is 362 g/mol. The largest absolute Gasteiger partial charge is 0.472 e. The fourth-order valence-corrected chi connectivity index (χ4v) is 5.30. The molecule has 1 aliphatic carbocycles. The highest BCUT2D eigenvalue weighted by Gasteiger charge is 2.48. The highest BCUT2D eigenvalue weighted by atomic mass is 16.5. The number of likely N-dealkylation sites (tertiary alicyclic amines) is 1. The van der Waals surface area contributed by atoms with Crippen LogP contribution in [-0.2, 0) is 9.47 Å². The number of ether oxygens (including phenoxy) is 2. The predicted molar refractivity (Wildman–Crippen MR) is 97.1 cm³/mol. The van der Waals surface area contributed by atoms with E-state index in [9.17, 15) is 4.79 Å². The number of morpholine rings is 1. The quantitative estimate of drug-likeness (QED) is 0.822. The summed E-state index contributed by atoms with van der Waals surface area (Å²) in [6, 6.07) is 2.41. The van der Waals surface area contributed by atoms with Gasteiger partial charge in [-0.25, -0.2) is 0 Å². The van der Waals surface area contributed by atoms with Crippen LogP contribution in [0.1, 0.15) is 36.0 Å². The fraction of sp³-hybridized carbons (Fsp3) is 0.750. The van der Waals surface area contributed by atoms with Crippen LogP contribution in [-0.4, -0.2) is 74.9 Å². The standard InChI is InChI=1S/C20H30N2O4/c1-24-15-20-5-2-18(21-7-10-25-11-8-21)12-17(20)3-6-22(14-20)19(23)16-4-9-26-13-16/h4,9,13,17-18H,2-3,5-8,10-12,14-15H2,1H3/t17-,18-,20+/m1/s1. The lowest BCUT2D eigenvalue weighted by atomic mass is 9.61. The lowest BCUT2D eigenvalue weighted by Gasteiger charge is -2.54. The SMILES string of the molecule is COC[C@@]12CC[C@@H](N3CCOCC3)C[C@H]1CCN(C(=O)c1ccoc1)C2. The van der Waals surface area contributed by atoms with Crippen LogP contribution >= 0.6 is 0 Å². The molecule has 1 aromatic rings. The van der Waals surface area contributed by atoms with Crippen molar-refractivity contribution in [3.8, 4) is 0 Å².